The Morgan fingerprint density at radius 3 is 2.83 bits per heavy atom. The average molecular weight is 246 g/mol. The van der Waals surface area contributed by atoms with Gasteiger partial charge in [-0.1, -0.05) is 25.5 Å². The second-order valence-corrected chi connectivity index (χ2v) is 4.92. The number of benzene rings is 1. The van der Waals surface area contributed by atoms with Gasteiger partial charge in [-0.3, -0.25) is 4.79 Å². The highest BCUT2D eigenvalue weighted by atomic mass is 16.1. The van der Waals surface area contributed by atoms with Crippen molar-refractivity contribution in [2.24, 2.45) is 0 Å². The molecule has 1 aliphatic heterocycles. The van der Waals surface area contributed by atoms with Crippen LogP contribution >= 0.6 is 0 Å². The van der Waals surface area contributed by atoms with E-state index < -0.39 is 0 Å². The maximum atomic E-state index is 12.1. The van der Waals surface area contributed by atoms with Crippen molar-refractivity contribution in [2.75, 3.05) is 13.1 Å². The second kappa shape index (κ2) is 6.55. The lowest BCUT2D eigenvalue weighted by atomic mass is 10.1. The normalized spacial score (nSPS) is 20.2. The van der Waals surface area contributed by atoms with E-state index in [1.54, 1.807) is 0 Å². The molecule has 98 valence electrons. The van der Waals surface area contributed by atoms with Crippen LogP contribution < -0.4 is 10.6 Å². The molecule has 0 radical (unpaired) electrons. The van der Waals surface area contributed by atoms with Crippen LogP contribution in [0.15, 0.2) is 24.3 Å². The van der Waals surface area contributed by atoms with Crippen molar-refractivity contribution in [3.05, 3.63) is 35.4 Å². The number of rotatable bonds is 3. The third-order valence-electron chi connectivity index (χ3n) is 3.51. The fraction of sp³-hybridized carbons (Fsp3) is 0.533. The van der Waals surface area contributed by atoms with E-state index in [1.807, 2.05) is 24.3 Å². The molecule has 1 aliphatic rings. The molecule has 3 nitrogen and oxygen atoms in total. The number of carbonyl (C=O) groups excluding carboxylic acids is 1. The first-order valence-electron chi connectivity index (χ1n) is 6.90. The first kappa shape index (κ1) is 13.1. The van der Waals surface area contributed by atoms with Gasteiger partial charge >= 0.3 is 0 Å². The lowest BCUT2D eigenvalue weighted by Crippen LogP contribution is -2.40. The fourth-order valence-electron chi connectivity index (χ4n) is 2.30. The van der Waals surface area contributed by atoms with Crippen molar-refractivity contribution in [1.82, 2.24) is 10.6 Å². The van der Waals surface area contributed by atoms with E-state index >= 15 is 0 Å². The van der Waals surface area contributed by atoms with Crippen molar-refractivity contribution in [1.29, 1.82) is 0 Å². The Hall–Kier alpha value is -1.35. The van der Waals surface area contributed by atoms with Crippen LogP contribution in [0.4, 0.5) is 0 Å². The van der Waals surface area contributed by atoms with Gasteiger partial charge in [0, 0.05) is 18.2 Å². The lowest BCUT2D eigenvalue weighted by molar-refractivity contribution is 0.0935. The smallest absolute Gasteiger partial charge is 0.251 e. The van der Waals surface area contributed by atoms with Gasteiger partial charge in [0.25, 0.3) is 5.91 Å². The van der Waals surface area contributed by atoms with Crippen LogP contribution in [0.3, 0.4) is 0 Å². The largest absolute Gasteiger partial charge is 0.348 e. The SMILES string of the molecule is CCc1ccc(C(=O)NC2CCCCNC2)cc1. The molecule has 2 rings (SSSR count). The summed E-state index contributed by atoms with van der Waals surface area (Å²) in [7, 11) is 0. The summed E-state index contributed by atoms with van der Waals surface area (Å²) in [5, 5.41) is 6.47. The van der Waals surface area contributed by atoms with Crippen molar-refractivity contribution in [2.45, 2.75) is 38.6 Å². The summed E-state index contributed by atoms with van der Waals surface area (Å²) in [4.78, 5) is 12.1. The molecule has 0 bridgehead atoms. The minimum Gasteiger partial charge on any atom is -0.348 e. The van der Waals surface area contributed by atoms with Crippen molar-refractivity contribution < 1.29 is 4.79 Å². The molecule has 18 heavy (non-hydrogen) atoms. The van der Waals surface area contributed by atoms with Gasteiger partial charge in [-0.25, -0.2) is 0 Å². The molecule has 0 spiro atoms. The van der Waals surface area contributed by atoms with Crippen LogP contribution in [-0.4, -0.2) is 25.0 Å². The minimum atomic E-state index is 0.0475. The lowest BCUT2D eigenvalue weighted by Gasteiger charge is -2.16. The third-order valence-corrected chi connectivity index (χ3v) is 3.51. The zero-order valence-corrected chi connectivity index (χ0v) is 11.0. The molecular formula is C15H22N2O. The first-order chi connectivity index (χ1) is 8.79. The molecule has 1 fully saturated rings. The van der Waals surface area contributed by atoms with E-state index in [0.717, 1.165) is 31.5 Å². The molecule has 3 heteroatoms. The van der Waals surface area contributed by atoms with Crippen molar-refractivity contribution in [3.8, 4) is 0 Å². The summed E-state index contributed by atoms with van der Waals surface area (Å²) in [5.41, 5.74) is 2.03. The molecule has 1 heterocycles. The van der Waals surface area contributed by atoms with Crippen LogP contribution in [0.25, 0.3) is 0 Å². The average Bonchev–Trinajstić information content (AvgIpc) is 2.67. The molecule has 1 aromatic carbocycles. The highest BCUT2D eigenvalue weighted by Gasteiger charge is 2.15. The van der Waals surface area contributed by atoms with E-state index in [4.69, 9.17) is 0 Å². The van der Waals surface area contributed by atoms with Gasteiger partial charge in [0.2, 0.25) is 0 Å². The summed E-state index contributed by atoms with van der Waals surface area (Å²) < 4.78 is 0. The molecule has 1 aromatic rings. The van der Waals surface area contributed by atoms with Gasteiger partial charge < -0.3 is 10.6 Å². The van der Waals surface area contributed by atoms with E-state index in [1.165, 1.54) is 18.4 Å². The van der Waals surface area contributed by atoms with Crippen LogP contribution in [0.5, 0.6) is 0 Å². The predicted molar refractivity (Wildman–Crippen MR) is 73.8 cm³/mol. The van der Waals surface area contributed by atoms with Gasteiger partial charge in [0.15, 0.2) is 0 Å². The Balaban J connectivity index is 1.93. The zero-order chi connectivity index (χ0) is 12.8. The van der Waals surface area contributed by atoms with Crippen molar-refractivity contribution in [3.63, 3.8) is 0 Å². The Labute approximate surface area is 109 Å². The number of amides is 1. The summed E-state index contributed by atoms with van der Waals surface area (Å²) in [6, 6.07) is 8.16. The number of hydrogen-bond donors (Lipinski definition) is 2. The standard InChI is InChI=1S/C15H22N2O/c1-2-12-6-8-13(9-7-12)15(18)17-14-5-3-4-10-16-11-14/h6-9,14,16H,2-5,10-11H2,1H3,(H,17,18). The van der Waals surface area contributed by atoms with Gasteiger partial charge in [-0.2, -0.15) is 0 Å². The number of nitrogens with one attached hydrogen (secondary N) is 2. The Bertz CT molecular complexity index is 378. The first-order valence-corrected chi connectivity index (χ1v) is 6.90. The molecule has 1 saturated heterocycles. The second-order valence-electron chi connectivity index (χ2n) is 4.92. The topological polar surface area (TPSA) is 41.1 Å². The van der Waals surface area contributed by atoms with Gasteiger partial charge in [0.05, 0.1) is 0 Å². The summed E-state index contributed by atoms with van der Waals surface area (Å²) in [6.07, 6.45) is 4.48. The Morgan fingerprint density at radius 2 is 2.11 bits per heavy atom. The Kier molecular flexibility index (Phi) is 4.76. The monoisotopic (exact) mass is 246 g/mol. The maximum absolute atomic E-state index is 12.1. The summed E-state index contributed by atoms with van der Waals surface area (Å²) in [6.45, 7) is 4.07. The minimum absolute atomic E-state index is 0.0475. The Morgan fingerprint density at radius 1 is 1.33 bits per heavy atom. The summed E-state index contributed by atoms with van der Waals surface area (Å²) in [5.74, 6) is 0.0475. The van der Waals surface area contributed by atoms with Gasteiger partial charge in [-0.15, -0.1) is 0 Å². The van der Waals surface area contributed by atoms with E-state index in [0.29, 0.717) is 0 Å². The van der Waals surface area contributed by atoms with Crippen LogP contribution in [0.2, 0.25) is 0 Å². The van der Waals surface area contributed by atoms with Gasteiger partial charge in [0.1, 0.15) is 0 Å². The molecule has 0 aliphatic carbocycles. The number of carbonyl (C=O) groups is 1. The molecule has 0 saturated carbocycles. The molecule has 0 aromatic heterocycles. The third kappa shape index (κ3) is 3.57. The van der Waals surface area contributed by atoms with E-state index in [9.17, 15) is 4.79 Å². The van der Waals surface area contributed by atoms with Gasteiger partial charge in [-0.05, 0) is 43.5 Å². The number of aryl methyl sites for hydroxylation is 1. The highest BCUT2D eigenvalue weighted by molar-refractivity contribution is 5.94. The molecule has 2 N–H and O–H groups in total. The molecule has 1 amide bonds. The maximum Gasteiger partial charge on any atom is 0.251 e. The summed E-state index contributed by atoms with van der Waals surface area (Å²) >= 11 is 0. The predicted octanol–water partition coefficient (Wildman–Crippen LogP) is 2.12. The van der Waals surface area contributed by atoms with Crippen LogP contribution in [-0.2, 0) is 6.42 Å². The highest BCUT2D eigenvalue weighted by Crippen LogP contribution is 2.08. The molecule has 1 unspecified atom stereocenters. The fourth-order valence-corrected chi connectivity index (χ4v) is 2.30. The molecular weight excluding hydrogens is 224 g/mol. The van der Waals surface area contributed by atoms with Crippen molar-refractivity contribution >= 4 is 5.91 Å². The van der Waals surface area contributed by atoms with E-state index in [2.05, 4.69) is 17.6 Å². The van der Waals surface area contributed by atoms with Crippen LogP contribution in [0, 0.1) is 0 Å². The quantitative estimate of drug-likeness (QED) is 0.857. The molecule has 1 atom stereocenters. The van der Waals surface area contributed by atoms with Crippen LogP contribution in [0.1, 0.15) is 42.1 Å². The number of hydrogen-bond acceptors (Lipinski definition) is 2. The zero-order valence-electron chi connectivity index (χ0n) is 11.0. The van der Waals surface area contributed by atoms with E-state index in [-0.39, 0.29) is 11.9 Å².